The number of azo groups is 1. The van der Waals surface area contributed by atoms with E-state index in [0.29, 0.717) is 40.5 Å². The van der Waals surface area contributed by atoms with Crippen LogP contribution in [0.5, 0.6) is 0 Å². The molecule has 3 aromatic heterocycles. The van der Waals surface area contributed by atoms with Crippen LogP contribution in [0.4, 0.5) is 14.6 Å². The molecule has 2 atom stereocenters. The number of aromatic amines is 1. The lowest BCUT2D eigenvalue weighted by atomic mass is 9.90. The van der Waals surface area contributed by atoms with Gasteiger partial charge in [0.1, 0.15) is 28.8 Å². The lowest BCUT2D eigenvalue weighted by Gasteiger charge is -2.30. The second-order valence-electron chi connectivity index (χ2n) is 9.26. The number of benzene rings is 1. The summed E-state index contributed by atoms with van der Waals surface area (Å²) < 4.78 is 30.2. The summed E-state index contributed by atoms with van der Waals surface area (Å²) in [7, 11) is 1.89. The summed E-state index contributed by atoms with van der Waals surface area (Å²) in [4.78, 5) is 24.8. The van der Waals surface area contributed by atoms with Gasteiger partial charge in [-0.05, 0) is 43.9 Å². The van der Waals surface area contributed by atoms with Crippen molar-refractivity contribution in [3.63, 3.8) is 0 Å². The van der Waals surface area contributed by atoms with Crippen molar-refractivity contribution >= 4 is 33.7 Å². The Bertz CT molecular complexity index is 1550. The number of rotatable bonds is 5. The molecule has 0 radical (unpaired) electrons. The Labute approximate surface area is 204 Å². The molecular formula is C25H24F2N8O. The van der Waals surface area contributed by atoms with E-state index in [0.717, 1.165) is 37.1 Å². The number of amides is 1. The standard InChI is InChI=1S/C25H24F2N8O/c1-35-8-6-16-22(30-14-3-2-4-15(11-14)31-25(36)20-5-7-29-34-20)32-23(33-24(16)35)18-12-28-21-17(18)9-13(26)10-19(21)27/h5-6,8-10,12,14-15,28H,2-4,7,11H2,1H3,(H,31,36)(H,30,32,33)/t14-,15+/m0/s1. The van der Waals surface area contributed by atoms with Crippen LogP contribution in [0.3, 0.4) is 0 Å². The molecule has 11 heteroatoms. The van der Waals surface area contributed by atoms with Crippen molar-refractivity contribution in [2.45, 2.75) is 37.8 Å². The van der Waals surface area contributed by atoms with Crippen LogP contribution in [0.2, 0.25) is 0 Å². The third-order valence-electron chi connectivity index (χ3n) is 6.80. The van der Waals surface area contributed by atoms with Crippen molar-refractivity contribution in [1.82, 2.24) is 24.8 Å². The van der Waals surface area contributed by atoms with Crippen molar-refractivity contribution in [3.8, 4) is 11.4 Å². The fourth-order valence-electron chi connectivity index (χ4n) is 5.04. The van der Waals surface area contributed by atoms with Crippen molar-refractivity contribution in [1.29, 1.82) is 0 Å². The number of anilines is 1. The number of aromatic nitrogens is 4. The highest BCUT2D eigenvalue weighted by Gasteiger charge is 2.26. The Morgan fingerprint density at radius 2 is 2.03 bits per heavy atom. The minimum Gasteiger partial charge on any atom is -0.367 e. The molecule has 6 rings (SSSR count). The quantitative estimate of drug-likeness (QED) is 0.380. The Hall–Kier alpha value is -4.15. The minimum absolute atomic E-state index is 0.00703. The number of nitrogens with one attached hydrogen (secondary N) is 3. The number of hydrogen-bond donors (Lipinski definition) is 3. The molecule has 0 unspecified atom stereocenters. The smallest absolute Gasteiger partial charge is 0.271 e. The van der Waals surface area contributed by atoms with Gasteiger partial charge in [0, 0.05) is 48.5 Å². The van der Waals surface area contributed by atoms with Crippen LogP contribution in [-0.2, 0) is 11.8 Å². The van der Waals surface area contributed by atoms with Gasteiger partial charge in [0.15, 0.2) is 5.82 Å². The molecule has 4 heterocycles. The molecular weight excluding hydrogens is 466 g/mol. The molecule has 4 aromatic rings. The predicted octanol–water partition coefficient (Wildman–Crippen LogP) is 4.58. The van der Waals surface area contributed by atoms with Crippen molar-refractivity contribution < 1.29 is 13.6 Å². The number of aryl methyl sites for hydroxylation is 1. The summed E-state index contributed by atoms with van der Waals surface area (Å²) >= 11 is 0. The van der Waals surface area contributed by atoms with Crippen LogP contribution >= 0.6 is 0 Å². The first-order valence-corrected chi connectivity index (χ1v) is 11.9. The zero-order valence-corrected chi connectivity index (χ0v) is 19.6. The summed E-state index contributed by atoms with van der Waals surface area (Å²) in [5.41, 5.74) is 1.79. The van der Waals surface area contributed by atoms with Crippen LogP contribution in [0.25, 0.3) is 33.3 Å². The van der Waals surface area contributed by atoms with Gasteiger partial charge in [-0.3, -0.25) is 4.79 Å². The molecule has 1 saturated carbocycles. The summed E-state index contributed by atoms with van der Waals surface area (Å²) in [5, 5.41) is 15.6. The van der Waals surface area contributed by atoms with E-state index in [9.17, 15) is 13.6 Å². The topological polar surface area (TPSA) is 112 Å². The predicted molar refractivity (Wildman–Crippen MR) is 131 cm³/mol. The van der Waals surface area contributed by atoms with Gasteiger partial charge in [0.2, 0.25) is 0 Å². The van der Waals surface area contributed by atoms with Crippen molar-refractivity contribution in [2.24, 2.45) is 17.3 Å². The number of H-pyrrole nitrogens is 1. The SMILES string of the molecule is Cn1ccc2c(N[C@H]3CCC[C@@H](NC(=O)C4=CCN=N4)C3)nc(-c3c[nH]c4c(F)cc(F)cc34)nc21. The number of carbonyl (C=O) groups is 1. The highest BCUT2D eigenvalue weighted by atomic mass is 19.1. The fourth-order valence-corrected chi connectivity index (χ4v) is 5.04. The van der Waals surface area contributed by atoms with E-state index in [2.05, 4.69) is 25.8 Å². The molecule has 1 aromatic carbocycles. The average Bonchev–Trinajstić information content (AvgIpc) is 3.60. The Morgan fingerprint density at radius 3 is 2.86 bits per heavy atom. The molecule has 1 aliphatic carbocycles. The number of carbonyl (C=O) groups excluding carboxylic acids is 1. The van der Waals surface area contributed by atoms with Gasteiger partial charge in [-0.1, -0.05) is 0 Å². The summed E-state index contributed by atoms with van der Waals surface area (Å²) in [6, 6.07) is 4.15. The lowest BCUT2D eigenvalue weighted by Crippen LogP contribution is -2.42. The van der Waals surface area contributed by atoms with Gasteiger partial charge in [0.05, 0.1) is 17.4 Å². The van der Waals surface area contributed by atoms with E-state index in [1.54, 1.807) is 12.3 Å². The molecule has 1 amide bonds. The third-order valence-corrected chi connectivity index (χ3v) is 6.80. The second kappa shape index (κ2) is 8.81. The van der Waals surface area contributed by atoms with E-state index in [1.807, 2.05) is 23.9 Å². The summed E-state index contributed by atoms with van der Waals surface area (Å²) in [5.74, 6) is -0.521. The zero-order valence-electron chi connectivity index (χ0n) is 19.6. The van der Waals surface area contributed by atoms with E-state index >= 15 is 0 Å². The Morgan fingerprint density at radius 1 is 1.17 bits per heavy atom. The number of fused-ring (bicyclic) bond motifs is 2. The second-order valence-corrected chi connectivity index (χ2v) is 9.26. The first-order valence-electron chi connectivity index (χ1n) is 11.9. The van der Waals surface area contributed by atoms with Crippen LogP contribution in [0, 0.1) is 11.6 Å². The van der Waals surface area contributed by atoms with Crippen LogP contribution in [-0.4, -0.2) is 44.1 Å². The molecule has 2 aliphatic rings. The number of hydrogen-bond acceptors (Lipinski definition) is 6. The van der Waals surface area contributed by atoms with Gasteiger partial charge in [-0.2, -0.15) is 10.2 Å². The van der Waals surface area contributed by atoms with E-state index < -0.39 is 11.6 Å². The van der Waals surface area contributed by atoms with Crippen molar-refractivity contribution in [3.05, 3.63) is 54.0 Å². The highest BCUT2D eigenvalue weighted by molar-refractivity contribution is 5.97. The van der Waals surface area contributed by atoms with Gasteiger partial charge in [0.25, 0.3) is 5.91 Å². The molecule has 0 saturated heterocycles. The normalized spacial score (nSPS) is 19.7. The number of halogens is 2. The third kappa shape index (κ3) is 4.00. The van der Waals surface area contributed by atoms with Gasteiger partial charge < -0.3 is 20.2 Å². The largest absolute Gasteiger partial charge is 0.367 e. The maximum Gasteiger partial charge on any atom is 0.271 e. The number of nitrogens with zero attached hydrogens (tertiary/aromatic N) is 5. The molecule has 3 N–H and O–H groups in total. The average molecular weight is 491 g/mol. The molecule has 0 bridgehead atoms. The lowest BCUT2D eigenvalue weighted by molar-refractivity contribution is -0.118. The van der Waals surface area contributed by atoms with E-state index in [4.69, 9.17) is 9.97 Å². The molecule has 1 fully saturated rings. The maximum absolute atomic E-state index is 14.3. The summed E-state index contributed by atoms with van der Waals surface area (Å²) in [6.07, 6.45) is 8.69. The minimum atomic E-state index is -0.667. The van der Waals surface area contributed by atoms with Gasteiger partial charge >= 0.3 is 0 Å². The maximum atomic E-state index is 14.3. The molecule has 0 spiro atoms. The van der Waals surface area contributed by atoms with E-state index in [-0.39, 0.29) is 23.5 Å². The first kappa shape index (κ1) is 22.3. The molecule has 36 heavy (non-hydrogen) atoms. The van der Waals surface area contributed by atoms with Gasteiger partial charge in [-0.15, -0.1) is 0 Å². The molecule has 1 aliphatic heterocycles. The Kier molecular flexibility index (Phi) is 5.46. The van der Waals surface area contributed by atoms with Crippen LogP contribution in [0.1, 0.15) is 25.7 Å². The monoisotopic (exact) mass is 490 g/mol. The Balaban J connectivity index is 1.31. The van der Waals surface area contributed by atoms with Crippen molar-refractivity contribution in [2.75, 3.05) is 11.9 Å². The molecule has 184 valence electrons. The summed E-state index contributed by atoms with van der Waals surface area (Å²) in [6.45, 7) is 0.441. The van der Waals surface area contributed by atoms with E-state index in [1.165, 1.54) is 6.07 Å². The zero-order chi connectivity index (χ0) is 24.8. The van der Waals surface area contributed by atoms with Crippen LogP contribution < -0.4 is 10.6 Å². The first-order chi connectivity index (χ1) is 17.5. The fraction of sp³-hybridized carbons (Fsp3) is 0.320. The molecule has 9 nitrogen and oxygen atoms in total. The highest BCUT2D eigenvalue weighted by Crippen LogP contribution is 2.33. The van der Waals surface area contributed by atoms with Gasteiger partial charge in [-0.25, -0.2) is 18.7 Å². The van der Waals surface area contributed by atoms with Crippen LogP contribution in [0.15, 0.2) is 52.6 Å².